The summed E-state index contributed by atoms with van der Waals surface area (Å²) in [6.45, 7) is 1.69. The summed E-state index contributed by atoms with van der Waals surface area (Å²) in [7, 11) is 3.55. The van der Waals surface area contributed by atoms with Crippen molar-refractivity contribution in [1.29, 1.82) is 0 Å². The molecule has 1 saturated heterocycles. The Morgan fingerprint density at radius 1 is 1.62 bits per heavy atom. The number of aliphatic hydroxyl groups is 1. The third kappa shape index (κ3) is 2.42. The maximum atomic E-state index is 11.6. The molecule has 0 bridgehead atoms. The van der Waals surface area contributed by atoms with Gasteiger partial charge in [-0.15, -0.1) is 0 Å². The number of likely N-dealkylation sites (tertiary alicyclic amines) is 1. The van der Waals surface area contributed by atoms with E-state index in [1.54, 1.807) is 19.0 Å². The Hall–Kier alpha value is -0.610. The molecule has 1 atom stereocenters. The van der Waals surface area contributed by atoms with Crippen LogP contribution in [0.3, 0.4) is 0 Å². The second-order valence-corrected chi connectivity index (χ2v) is 3.65. The van der Waals surface area contributed by atoms with Gasteiger partial charge in [-0.2, -0.15) is 0 Å². The molecule has 0 aliphatic carbocycles. The highest BCUT2D eigenvalue weighted by Gasteiger charge is 2.30. The molecule has 0 aromatic heterocycles. The standard InChI is InChI=1S/C9H18N2O2/c1-10(2)9(13)8-4-3-5-11(8)6-7-12/h8,12H,3-7H2,1-2H3. The van der Waals surface area contributed by atoms with Crippen LogP contribution in [0.1, 0.15) is 12.8 Å². The zero-order valence-corrected chi connectivity index (χ0v) is 8.36. The van der Waals surface area contributed by atoms with Crippen molar-refractivity contribution in [1.82, 2.24) is 9.80 Å². The van der Waals surface area contributed by atoms with Crippen LogP contribution in [0.4, 0.5) is 0 Å². The first-order valence-electron chi connectivity index (χ1n) is 4.73. The van der Waals surface area contributed by atoms with E-state index in [-0.39, 0.29) is 18.6 Å². The quantitative estimate of drug-likeness (QED) is 0.648. The number of amides is 1. The molecule has 0 aromatic rings. The molecular weight excluding hydrogens is 168 g/mol. The van der Waals surface area contributed by atoms with Gasteiger partial charge in [0.15, 0.2) is 0 Å². The minimum atomic E-state index is 0.00199. The van der Waals surface area contributed by atoms with E-state index in [0.717, 1.165) is 19.4 Å². The number of β-amino-alcohol motifs (C(OH)–C–C–N with tert-alkyl or cyclic N) is 1. The van der Waals surface area contributed by atoms with Gasteiger partial charge in [0.2, 0.25) is 5.91 Å². The van der Waals surface area contributed by atoms with E-state index in [4.69, 9.17) is 5.11 Å². The Balaban J connectivity index is 2.52. The van der Waals surface area contributed by atoms with Gasteiger partial charge in [-0.05, 0) is 19.4 Å². The van der Waals surface area contributed by atoms with Crippen molar-refractivity contribution in [3.05, 3.63) is 0 Å². The van der Waals surface area contributed by atoms with E-state index in [9.17, 15) is 4.79 Å². The molecular formula is C9H18N2O2. The predicted octanol–water partition coefficient (Wildman–Crippen LogP) is -0.469. The Morgan fingerprint density at radius 3 is 2.85 bits per heavy atom. The van der Waals surface area contributed by atoms with E-state index in [1.807, 2.05) is 0 Å². The summed E-state index contributed by atoms with van der Waals surface area (Å²) in [5.74, 6) is 0.158. The molecule has 76 valence electrons. The van der Waals surface area contributed by atoms with Crippen LogP contribution < -0.4 is 0 Å². The smallest absolute Gasteiger partial charge is 0.239 e. The van der Waals surface area contributed by atoms with Crippen LogP contribution in [0.5, 0.6) is 0 Å². The van der Waals surface area contributed by atoms with E-state index in [0.29, 0.717) is 6.54 Å². The van der Waals surface area contributed by atoms with E-state index in [1.165, 1.54) is 0 Å². The Morgan fingerprint density at radius 2 is 2.31 bits per heavy atom. The maximum Gasteiger partial charge on any atom is 0.239 e. The number of hydrogen-bond acceptors (Lipinski definition) is 3. The summed E-state index contributed by atoms with van der Waals surface area (Å²) >= 11 is 0. The highest BCUT2D eigenvalue weighted by Crippen LogP contribution is 2.17. The summed E-state index contributed by atoms with van der Waals surface area (Å²) in [4.78, 5) is 15.3. The average molecular weight is 186 g/mol. The van der Waals surface area contributed by atoms with Gasteiger partial charge >= 0.3 is 0 Å². The van der Waals surface area contributed by atoms with Gasteiger partial charge in [0.1, 0.15) is 0 Å². The van der Waals surface area contributed by atoms with Crippen molar-refractivity contribution in [2.24, 2.45) is 0 Å². The minimum absolute atomic E-state index is 0.00199. The number of carbonyl (C=O) groups is 1. The van der Waals surface area contributed by atoms with Crippen LogP contribution in [0, 0.1) is 0 Å². The summed E-state index contributed by atoms with van der Waals surface area (Å²) in [6, 6.07) is 0.00199. The molecule has 4 heteroatoms. The highest BCUT2D eigenvalue weighted by molar-refractivity contribution is 5.81. The van der Waals surface area contributed by atoms with Crippen molar-refractivity contribution in [2.45, 2.75) is 18.9 Å². The molecule has 0 aromatic carbocycles. The van der Waals surface area contributed by atoms with E-state index >= 15 is 0 Å². The molecule has 13 heavy (non-hydrogen) atoms. The predicted molar refractivity (Wildman–Crippen MR) is 50.4 cm³/mol. The molecule has 0 saturated carbocycles. The van der Waals surface area contributed by atoms with E-state index < -0.39 is 0 Å². The van der Waals surface area contributed by atoms with Gasteiger partial charge in [-0.1, -0.05) is 0 Å². The van der Waals surface area contributed by atoms with Crippen molar-refractivity contribution in [3.63, 3.8) is 0 Å². The fourth-order valence-corrected chi connectivity index (χ4v) is 1.80. The van der Waals surface area contributed by atoms with Gasteiger partial charge in [-0.25, -0.2) is 0 Å². The van der Waals surface area contributed by atoms with Gasteiger partial charge in [0.25, 0.3) is 0 Å². The van der Waals surface area contributed by atoms with Gasteiger partial charge in [-0.3, -0.25) is 9.69 Å². The second-order valence-electron chi connectivity index (χ2n) is 3.65. The van der Waals surface area contributed by atoms with Gasteiger partial charge in [0.05, 0.1) is 12.6 Å². The molecule has 1 N–H and O–H groups in total. The molecule has 1 aliphatic rings. The zero-order chi connectivity index (χ0) is 9.84. The number of hydrogen-bond donors (Lipinski definition) is 1. The number of rotatable bonds is 3. The topological polar surface area (TPSA) is 43.8 Å². The highest BCUT2D eigenvalue weighted by atomic mass is 16.3. The number of aliphatic hydroxyl groups excluding tert-OH is 1. The van der Waals surface area contributed by atoms with Crippen LogP contribution in [-0.2, 0) is 4.79 Å². The average Bonchev–Trinajstić information content (AvgIpc) is 2.52. The summed E-state index contributed by atoms with van der Waals surface area (Å²) < 4.78 is 0. The molecule has 1 unspecified atom stereocenters. The van der Waals surface area contributed by atoms with Crippen molar-refractivity contribution >= 4 is 5.91 Å². The molecule has 1 aliphatic heterocycles. The fraction of sp³-hybridized carbons (Fsp3) is 0.889. The lowest BCUT2D eigenvalue weighted by atomic mass is 10.2. The first kappa shape index (κ1) is 10.5. The van der Waals surface area contributed by atoms with Crippen LogP contribution in [0.25, 0.3) is 0 Å². The number of carbonyl (C=O) groups excluding carboxylic acids is 1. The van der Waals surface area contributed by atoms with Crippen LogP contribution in [0.2, 0.25) is 0 Å². The summed E-state index contributed by atoms with van der Waals surface area (Å²) in [5, 5.41) is 8.80. The lowest BCUT2D eigenvalue weighted by Gasteiger charge is -2.25. The van der Waals surface area contributed by atoms with Crippen molar-refractivity contribution < 1.29 is 9.90 Å². The van der Waals surface area contributed by atoms with Crippen molar-refractivity contribution in [3.8, 4) is 0 Å². The SMILES string of the molecule is CN(C)C(=O)C1CCCN1CCO. The monoisotopic (exact) mass is 186 g/mol. The molecule has 1 amide bonds. The maximum absolute atomic E-state index is 11.6. The molecule has 1 rings (SSSR count). The molecule has 1 fully saturated rings. The van der Waals surface area contributed by atoms with Crippen molar-refractivity contribution in [2.75, 3.05) is 33.8 Å². The Bertz CT molecular complexity index is 182. The molecule has 1 heterocycles. The van der Waals surface area contributed by atoms with Crippen LogP contribution in [-0.4, -0.2) is 60.6 Å². The normalized spacial score (nSPS) is 23.5. The second kappa shape index (κ2) is 4.58. The lowest BCUT2D eigenvalue weighted by Crippen LogP contribution is -2.43. The fourth-order valence-electron chi connectivity index (χ4n) is 1.80. The Labute approximate surface area is 79.1 Å². The first-order valence-corrected chi connectivity index (χ1v) is 4.73. The lowest BCUT2D eigenvalue weighted by molar-refractivity contribution is -0.133. The summed E-state index contributed by atoms with van der Waals surface area (Å²) in [6.07, 6.45) is 1.99. The third-order valence-corrected chi connectivity index (χ3v) is 2.48. The first-order chi connectivity index (χ1) is 6.16. The minimum Gasteiger partial charge on any atom is -0.395 e. The summed E-state index contributed by atoms with van der Waals surface area (Å²) in [5.41, 5.74) is 0. The molecule has 0 radical (unpaired) electrons. The molecule has 4 nitrogen and oxygen atoms in total. The largest absolute Gasteiger partial charge is 0.395 e. The van der Waals surface area contributed by atoms with Gasteiger partial charge < -0.3 is 10.0 Å². The van der Waals surface area contributed by atoms with Crippen LogP contribution >= 0.6 is 0 Å². The third-order valence-electron chi connectivity index (χ3n) is 2.48. The zero-order valence-electron chi connectivity index (χ0n) is 8.36. The van der Waals surface area contributed by atoms with Gasteiger partial charge in [0, 0.05) is 20.6 Å². The van der Waals surface area contributed by atoms with Crippen LogP contribution in [0.15, 0.2) is 0 Å². The number of nitrogens with zero attached hydrogens (tertiary/aromatic N) is 2. The van der Waals surface area contributed by atoms with E-state index in [2.05, 4.69) is 4.90 Å². The Kier molecular flexibility index (Phi) is 3.69. The number of likely N-dealkylation sites (N-methyl/N-ethyl adjacent to an activating group) is 1. The molecule has 0 spiro atoms.